The second-order valence-corrected chi connectivity index (χ2v) is 6.92. The fourth-order valence-electron chi connectivity index (χ4n) is 3.24. The minimum Gasteiger partial charge on any atom is -0.353 e. The molecule has 112 valence electrons. The highest BCUT2D eigenvalue weighted by Crippen LogP contribution is 2.35. The standard InChI is InChI=1S/C16H32N2O/c1-4-13(9-11-17)7-8-15(19)18-14-6-5-10-16(2,3)12-14/h13-14H,4-12,17H2,1-3H3,(H,18,19). The molecule has 1 fully saturated rings. The first-order chi connectivity index (χ1) is 8.96. The van der Waals surface area contributed by atoms with Crippen LogP contribution in [0.25, 0.3) is 0 Å². The highest BCUT2D eigenvalue weighted by atomic mass is 16.1. The molecule has 0 radical (unpaired) electrons. The Bertz CT molecular complexity index is 276. The zero-order valence-electron chi connectivity index (χ0n) is 13.0. The van der Waals surface area contributed by atoms with Crippen LogP contribution in [0.4, 0.5) is 0 Å². The van der Waals surface area contributed by atoms with Crippen LogP contribution in [0.3, 0.4) is 0 Å². The van der Waals surface area contributed by atoms with E-state index in [2.05, 4.69) is 26.1 Å². The molecule has 1 aliphatic carbocycles. The summed E-state index contributed by atoms with van der Waals surface area (Å²) in [5.74, 6) is 0.844. The highest BCUT2D eigenvalue weighted by molar-refractivity contribution is 5.76. The molecule has 3 nitrogen and oxygen atoms in total. The molecule has 2 atom stereocenters. The molecule has 0 aromatic rings. The van der Waals surface area contributed by atoms with E-state index in [1.165, 1.54) is 12.8 Å². The van der Waals surface area contributed by atoms with E-state index in [0.717, 1.165) is 38.6 Å². The molecule has 0 spiro atoms. The molecule has 1 saturated carbocycles. The average Bonchev–Trinajstić information content (AvgIpc) is 2.33. The largest absolute Gasteiger partial charge is 0.353 e. The van der Waals surface area contributed by atoms with Gasteiger partial charge in [0.1, 0.15) is 0 Å². The second kappa shape index (κ2) is 7.88. The number of carbonyl (C=O) groups excluding carboxylic acids is 1. The van der Waals surface area contributed by atoms with E-state index in [1.54, 1.807) is 0 Å². The maximum absolute atomic E-state index is 12.0. The Kier molecular flexibility index (Phi) is 6.84. The lowest BCUT2D eigenvalue weighted by Crippen LogP contribution is -2.40. The van der Waals surface area contributed by atoms with Crippen LogP contribution in [0.15, 0.2) is 0 Å². The summed E-state index contributed by atoms with van der Waals surface area (Å²) in [5.41, 5.74) is 5.98. The number of carbonyl (C=O) groups is 1. The molecule has 19 heavy (non-hydrogen) atoms. The Morgan fingerprint density at radius 3 is 2.74 bits per heavy atom. The molecule has 0 aromatic carbocycles. The van der Waals surface area contributed by atoms with Gasteiger partial charge >= 0.3 is 0 Å². The molecule has 0 saturated heterocycles. The lowest BCUT2D eigenvalue weighted by atomic mass is 9.75. The van der Waals surface area contributed by atoms with Gasteiger partial charge in [-0.25, -0.2) is 0 Å². The number of nitrogens with two attached hydrogens (primary N) is 1. The number of hydrogen-bond acceptors (Lipinski definition) is 2. The molecule has 1 aliphatic rings. The van der Waals surface area contributed by atoms with Crippen molar-refractivity contribution in [2.45, 2.75) is 78.2 Å². The summed E-state index contributed by atoms with van der Waals surface area (Å²) in [5, 5.41) is 3.23. The van der Waals surface area contributed by atoms with Crippen molar-refractivity contribution in [2.75, 3.05) is 6.54 Å². The van der Waals surface area contributed by atoms with E-state index >= 15 is 0 Å². The lowest BCUT2D eigenvalue weighted by Gasteiger charge is -2.35. The molecule has 3 heteroatoms. The summed E-state index contributed by atoms with van der Waals surface area (Å²) in [6.45, 7) is 7.53. The molecular weight excluding hydrogens is 236 g/mol. The second-order valence-electron chi connectivity index (χ2n) is 6.92. The van der Waals surface area contributed by atoms with Crippen molar-refractivity contribution in [1.82, 2.24) is 5.32 Å². The molecule has 0 aromatic heterocycles. The van der Waals surface area contributed by atoms with Crippen LogP contribution in [0.2, 0.25) is 0 Å². The van der Waals surface area contributed by atoms with Gasteiger partial charge in [-0.1, -0.05) is 33.6 Å². The topological polar surface area (TPSA) is 55.1 Å². The number of nitrogens with one attached hydrogen (secondary N) is 1. The Morgan fingerprint density at radius 1 is 1.42 bits per heavy atom. The van der Waals surface area contributed by atoms with Crippen molar-refractivity contribution in [3.05, 3.63) is 0 Å². The van der Waals surface area contributed by atoms with Crippen molar-refractivity contribution in [1.29, 1.82) is 0 Å². The molecule has 1 rings (SSSR count). The predicted molar refractivity (Wildman–Crippen MR) is 80.9 cm³/mol. The van der Waals surface area contributed by atoms with E-state index in [-0.39, 0.29) is 5.91 Å². The van der Waals surface area contributed by atoms with Gasteiger partial charge in [0.15, 0.2) is 0 Å². The summed E-state index contributed by atoms with van der Waals surface area (Å²) in [4.78, 5) is 12.0. The Balaban J connectivity index is 2.27. The highest BCUT2D eigenvalue weighted by Gasteiger charge is 2.28. The van der Waals surface area contributed by atoms with Crippen LogP contribution in [0.5, 0.6) is 0 Å². The molecular formula is C16H32N2O. The summed E-state index contributed by atoms with van der Waals surface area (Å²) in [6.07, 6.45) is 8.61. The van der Waals surface area contributed by atoms with E-state index in [9.17, 15) is 4.79 Å². The van der Waals surface area contributed by atoms with Crippen LogP contribution < -0.4 is 11.1 Å². The molecule has 1 amide bonds. The van der Waals surface area contributed by atoms with Crippen molar-refractivity contribution in [2.24, 2.45) is 17.1 Å². The average molecular weight is 268 g/mol. The number of hydrogen-bond donors (Lipinski definition) is 2. The van der Waals surface area contributed by atoms with Gasteiger partial charge < -0.3 is 11.1 Å². The fraction of sp³-hybridized carbons (Fsp3) is 0.938. The third-order valence-electron chi connectivity index (χ3n) is 4.50. The first-order valence-corrected chi connectivity index (χ1v) is 7.96. The summed E-state index contributed by atoms with van der Waals surface area (Å²) in [6, 6.07) is 0.394. The minimum atomic E-state index is 0.234. The van der Waals surface area contributed by atoms with E-state index in [1.807, 2.05) is 0 Å². The van der Waals surface area contributed by atoms with Crippen molar-refractivity contribution in [3.63, 3.8) is 0 Å². The summed E-state index contributed by atoms with van der Waals surface area (Å²) in [7, 11) is 0. The van der Waals surface area contributed by atoms with E-state index < -0.39 is 0 Å². The van der Waals surface area contributed by atoms with Crippen LogP contribution >= 0.6 is 0 Å². The van der Waals surface area contributed by atoms with Crippen molar-refractivity contribution >= 4 is 5.91 Å². The van der Waals surface area contributed by atoms with Crippen LogP contribution in [0.1, 0.15) is 72.1 Å². The molecule has 0 heterocycles. The Labute approximate surface area is 118 Å². The Hall–Kier alpha value is -0.570. The Morgan fingerprint density at radius 2 is 2.16 bits per heavy atom. The normalized spacial score (nSPS) is 23.9. The maximum atomic E-state index is 12.0. The minimum absolute atomic E-state index is 0.234. The summed E-state index contributed by atoms with van der Waals surface area (Å²) >= 11 is 0. The van der Waals surface area contributed by atoms with Gasteiger partial charge in [-0.2, -0.15) is 0 Å². The van der Waals surface area contributed by atoms with Gasteiger partial charge in [0.25, 0.3) is 0 Å². The number of rotatable bonds is 7. The molecule has 2 unspecified atom stereocenters. The van der Waals surface area contributed by atoms with E-state index in [4.69, 9.17) is 5.73 Å². The third-order valence-corrected chi connectivity index (χ3v) is 4.50. The molecule has 0 aliphatic heterocycles. The van der Waals surface area contributed by atoms with Crippen molar-refractivity contribution in [3.8, 4) is 0 Å². The molecule has 0 bridgehead atoms. The SMILES string of the molecule is CCC(CCN)CCC(=O)NC1CCCC(C)(C)C1. The monoisotopic (exact) mass is 268 g/mol. The van der Waals surface area contributed by atoms with E-state index in [0.29, 0.717) is 23.8 Å². The zero-order valence-corrected chi connectivity index (χ0v) is 13.0. The van der Waals surface area contributed by atoms with Gasteiger partial charge in [-0.05, 0) is 50.0 Å². The van der Waals surface area contributed by atoms with Gasteiger partial charge in [0.05, 0.1) is 0 Å². The first-order valence-electron chi connectivity index (χ1n) is 7.96. The van der Waals surface area contributed by atoms with Crippen LogP contribution in [-0.2, 0) is 4.79 Å². The fourth-order valence-corrected chi connectivity index (χ4v) is 3.24. The summed E-state index contributed by atoms with van der Waals surface area (Å²) < 4.78 is 0. The smallest absolute Gasteiger partial charge is 0.220 e. The van der Waals surface area contributed by atoms with Gasteiger partial charge in [-0.15, -0.1) is 0 Å². The predicted octanol–water partition coefficient (Wildman–Crippen LogP) is 3.23. The zero-order chi connectivity index (χ0) is 14.3. The quantitative estimate of drug-likeness (QED) is 0.745. The third kappa shape index (κ3) is 6.42. The van der Waals surface area contributed by atoms with Gasteiger partial charge in [0, 0.05) is 12.5 Å². The van der Waals surface area contributed by atoms with Crippen molar-refractivity contribution < 1.29 is 4.79 Å². The number of amides is 1. The van der Waals surface area contributed by atoms with Gasteiger partial charge in [-0.3, -0.25) is 4.79 Å². The lowest BCUT2D eigenvalue weighted by molar-refractivity contribution is -0.122. The van der Waals surface area contributed by atoms with Crippen LogP contribution in [-0.4, -0.2) is 18.5 Å². The van der Waals surface area contributed by atoms with Crippen LogP contribution in [0, 0.1) is 11.3 Å². The maximum Gasteiger partial charge on any atom is 0.220 e. The molecule has 3 N–H and O–H groups in total. The first kappa shape index (κ1) is 16.5. The van der Waals surface area contributed by atoms with Gasteiger partial charge in [0.2, 0.25) is 5.91 Å².